The summed E-state index contributed by atoms with van der Waals surface area (Å²) in [6.07, 6.45) is 8.51. The molecule has 0 fully saturated rings. The van der Waals surface area contributed by atoms with Crippen molar-refractivity contribution in [3.63, 3.8) is 0 Å². The van der Waals surface area contributed by atoms with Crippen LogP contribution < -0.4 is 5.32 Å². The van der Waals surface area contributed by atoms with Crippen LogP contribution in [0.25, 0.3) is 0 Å². The van der Waals surface area contributed by atoms with E-state index in [4.69, 9.17) is 0 Å². The zero-order chi connectivity index (χ0) is 11.1. The largest absolute Gasteiger partial charge is 0.315 e. The highest BCUT2D eigenvalue weighted by Crippen LogP contribution is 1.95. The highest BCUT2D eigenvalue weighted by Gasteiger charge is 1.93. The van der Waals surface area contributed by atoms with Gasteiger partial charge in [-0.1, -0.05) is 6.07 Å². The fourth-order valence-electron chi connectivity index (χ4n) is 1.53. The third kappa shape index (κ3) is 3.47. The van der Waals surface area contributed by atoms with Gasteiger partial charge in [-0.25, -0.2) is 0 Å². The second-order valence-corrected chi connectivity index (χ2v) is 3.63. The van der Waals surface area contributed by atoms with E-state index in [0.29, 0.717) is 0 Å². The van der Waals surface area contributed by atoms with Crippen molar-refractivity contribution in [2.45, 2.75) is 13.0 Å². The molecule has 2 heterocycles. The lowest BCUT2D eigenvalue weighted by Crippen LogP contribution is -2.22. The average Bonchev–Trinajstić information content (AvgIpc) is 2.83. The maximum absolute atomic E-state index is 4.14. The molecule has 0 aliphatic carbocycles. The van der Waals surface area contributed by atoms with Gasteiger partial charge in [-0.3, -0.25) is 9.67 Å². The summed E-state index contributed by atoms with van der Waals surface area (Å²) in [5.74, 6) is 0. The molecule has 0 aromatic carbocycles. The number of pyridine rings is 1. The molecule has 1 N–H and O–H groups in total. The van der Waals surface area contributed by atoms with Crippen LogP contribution in [0.1, 0.15) is 5.56 Å². The lowest BCUT2D eigenvalue weighted by Gasteiger charge is -2.04. The molecule has 2 aromatic heterocycles. The summed E-state index contributed by atoms with van der Waals surface area (Å²) >= 11 is 0. The molecule has 0 saturated heterocycles. The first-order chi connectivity index (χ1) is 7.95. The van der Waals surface area contributed by atoms with Crippen LogP contribution in [0.4, 0.5) is 0 Å². The van der Waals surface area contributed by atoms with Crippen LogP contribution in [-0.2, 0) is 13.0 Å². The fourth-order valence-corrected chi connectivity index (χ4v) is 1.53. The number of nitrogens with one attached hydrogen (secondary N) is 1. The summed E-state index contributed by atoms with van der Waals surface area (Å²) < 4.78 is 1.93. The monoisotopic (exact) mass is 216 g/mol. The molecule has 2 aromatic rings. The highest BCUT2D eigenvalue weighted by molar-refractivity contribution is 5.08. The molecule has 0 aliphatic heterocycles. The Morgan fingerprint density at radius 3 is 2.94 bits per heavy atom. The maximum atomic E-state index is 4.14. The summed E-state index contributed by atoms with van der Waals surface area (Å²) in [6, 6.07) is 6.01. The first-order valence-electron chi connectivity index (χ1n) is 5.52. The van der Waals surface area contributed by atoms with Crippen molar-refractivity contribution in [1.29, 1.82) is 0 Å². The molecule has 0 amide bonds. The molecule has 0 unspecified atom stereocenters. The van der Waals surface area contributed by atoms with Gasteiger partial charge in [-0.15, -0.1) is 0 Å². The van der Waals surface area contributed by atoms with Crippen molar-refractivity contribution in [2.24, 2.45) is 0 Å². The number of hydrogen-bond acceptors (Lipinski definition) is 3. The van der Waals surface area contributed by atoms with E-state index in [1.165, 1.54) is 5.56 Å². The lowest BCUT2D eigenvalue weighted by molar-refractivity contribution is 0.556. The number of nitrogens with zero attached hydrogens (tertiary/aromatic N) is 3. The number of hydrogen-bond donors (Lipinski definition) is 1. The van der Waals surface area contributed by atoms with E-state index in [0.717, 1.165) is 26.1 Å². The Morgan fingerprint density at radius 1 is 1.19 bits per heavy atom. The topological polar surface area (TPSA) is 42.7 Å². The standard InChI is InChI=1S/C12H16N4/c1-3-12(11-14-5-1)4-7-13-8-10-16-9-2-6-15-16/h1-3,5-6,9,11,13H,4,7-8,10H2. The molecule has 4 heteroatoms. The fraction of sp³-hybridized carbons (Fsp3) is 0.333. The minimum Gasteiger partial charge on any atom is -0.315 e. The van der Waals surface area contributed by atoms with Crippen molar-refractivity contribution in [3.8, 4) is 0 Å². The van der Waals surface area contributed by atoms with Gasteiger partial charge in [0, 0.05) is 31.3 Å². The Hall–Kier alpha value is -1.68. The summed E-state index contributed by atoms with van der Waals surface area (Å²) in [7, 11) is 0. The molecule has 0 radical (unpaired) electrons. The zero-order valence-electron chi connectivity index (χ0n) is 9.21. The van der Waals surface area contributed by atoms with Crippen molar-refractivity contribution < 1.29 is 0 Å². The molecule has 0 bridgehead atoms. The molecular formula is C12H16N4. The molecule has 2 rings (SSSR count). The molecule has 0 saturated carbocycles. The summed E-state index contributed by atoms with van der Waals surface area (Å²) in [6.45, 7) is 2.84. The van der Waals surface area contributed by atoms with Crippen LogP contribution in [-0.4, -0.2) is 27.9 Å². The second kappa shape index (κ2) is 6.02. The van der Waals surface area contributed by atoms with Crippen molar-refractivity contribution in [1.82, 2.24) is 20.1 Å². The summed E-state index contributed by atoms with van der Waals surface area (Å²) in [4.78, 5) is 4.08. The van der Waals surface area contributed by atoms with Gasteiger partial charge in [0.05, 0.1) is 6.54 Å². The first-order valence-corrected chi connectivity index (χ1v) is 5.52. The van der Waals surface area contributed by atoms with E-state index in [1.54, 1.807) is 12.4 Å². The Morgan fingerprint density at radius 2 is 2.19 bits per heavy atom. The van der Waals surface area contributed by atoms with Crippen LogP contribution in [0.15, 0.2) is 43.0 Å². The summed E-state index contributed by atoms with van der Waals surface area (Å²) in [5.41, 5.74) is 1.27. The number of aromatic nitrogens is 3. The van der Waals surface area contributed by atoms with Gasteiger partial charge in [0.2, 0.25) is 0 Å². The molecule has 16 heavy (non-hydrogen) atoms. The normalized spacial score (nSPS) is 10.5. The minimum atomic E-state index is 0.917. The van der Waals surface area contributed by atoms with E-state index >= 15 is 0 Å². The average molecular weight is 216 g/mol. The van der Waals surface area contributed by atoms with Gasteiger partial charge in [0.25, 0.3) is 0 Å². The Bertz CT molecular complexity index is 383. The van der Waals surface area contributed by atoms with Crippen LogP contribution in [0, 0.1) is 0 Å². The minimum absolute atomic E-state index is 0.917. The Kier molecular flexibility index (Phi) is 4.08. The van der Waals surface area contributed by atoms with Gasteiger partial charge in [0.15, 0.2) is 0 Å². The van der Waals surface area contributed by atoms with Gasteiger partial charge in [-0.2, -0.15) is 5.10 Å². The predicted octanol–water partition coefficient (Wildman–Crippen LogP) is 1.11. The Balaban J connectivity index is 1.59. The van der Waals surface area contributed by atoms with Gasteiger partial charge in [0.1, 0.15) is 0 Å². The van der Waals surface area contributed by atoms with Crippen molar-refractivity contribution in [2.75, 3.05) is 13.1 Å². The third-order valence-electron chi connectivity index (χ3n) is 2.39. The molecule has 0 atom stereocenters. The van der Waals surface area contributed by atoms with E-state index in [9.17, 15) is 0 Å². The summed E-state index contributed by atoms with van der Waals surface area (Å²) in [5, 5.41) is 7.52. The number of rotatable bonds is 6. The molecule has 0 spiro atoms. The Labute approximate surface area is 95.3 Å². The van der Waals surface area contributed by atoms with E-state index in [2.05, 4.69) is 21.5 Å². The predicted molar refractivity (Wildman–Crippen MR) is 63.0 cm³/mol. The molecular weight excluding hydrogens is 200 g/mol. The van der Waals surface area contributed by atoms with Crippen molar-refractivity contribution >= 4 is 0 Å². The van der Waals surface area contributed by atoms with Gasteiger partial charge >= 0.3 is 0 Å². The SMILES string of the molecule is c1cncc(CCNCCn2cccn2)c1. The molecule has 84 valence electrons. The van der Waals surface area contributed by atoms with Crippen LogP contribution in [0.3, 0.4) is 0 Å². The maximum Gasteiger partial charge on any atom is 0.0533 e. The van der Waals surface area contributed by atoms with Crippen LogP contribution in [0.5, 0.6) is 0 Å². The zero-order valence-corrected chi connectivity index (χ0v) is 9.21. The van der Waals surface area contributed by atoms with E-state index in [-0.39, 0.29) is 0 Å². The van der Waals surface area contributed by atoms with E-state index < -0.39 is 0 Å². The van der Waals surface area contributed by atoms with Gasteiger partial charge < -0.3 is 5.32 Å². The van der Waals surface area contributed by atoms with Crippen molar-refractivity contribution in [3.05, 3.63) is 48.5 Å². The van der Waals surface area contributed by atoms with Crippen LogP contribution in [0.2, 0.25) is 0 Å². The molecule has 4 nitrogen and oxygen atoms in total. The smallest absolute Gasteiger partial charge is 0.0533 e. The first kappa shape index (κ1) is 10.8. The van der Waals surface area contributed by atoms with Gasteiger partial charge in [-0.05, 0) is 30.7 Å². The molecule has 0 aliphatic rings. The lowest BCUT2D eigenvalue weighted by atomic mass is 10.2. The highest BCUT2D eigenvalue weighted by atomic mass is 15.3. The second-order valence-electron chi connectivity index (χ2n) is 3.63. The van der Waals surface area contributed by atoms with E-state index in [1.807, 2.05) is 29.2 Å². The van der Waals surface area contributed by atoms with Crippen LogP contribution >= 0.6 is 0 Å². The third-order valence-corrected chi connectivity index (χ3v) is 2.39. The quantitative estimate of drug-likeness (QED) is 0.736.